The van der Waals surface area contributed by atoms with Gasteiger partial charge in [-0.15, -0.1) is 11.3 Å². The van der Waals surface area contributed by atoms with Crippen LogP contribution in [0.5, 0.6) is 0 Å². The smallest absolute Gasteiger partial charge is 0.239 e. The summed E-state index contributed by atoms with van der Waals surface area (Å²) in [6.07, 6.45) is 1.30. The Kier molecular flexibility index (Phi) is 7.51. The standard InChI is InChI=1S/C16H27N3O2S/c1-10(2)6-7-14(20)17-8-15(21)18-12(5)13-9-22-16(19-13)11(3)4/h9-12H,6-8H2,1-5H3,(H,17,20)(H,18,21)/t12-/m1/s1. The van der Waals surface area contributed by atoms with E-state index in [-0.39, 0.29) is 24.4 Å². The van der Waals surface area contributed by atoms with Gasteiger partial charge in [-0.2, -0.15) is 0 Å². The number of carbonyl (C=O) groups is 2. The van der Waals surface area contributed by atoms with E-state index in [1.807, 2.05) is 12.3 Å². The van der Waals surface area contributed by atoms with Crippen LogP contribution >= 0.6 is 11.3 Å². The van der Waals surface area contributed by atoms with Gasteiger partial charge in [0, 0.05) is 17.7 Å². The van der Waals surface area contributed by atoms with Crippen molar-refractivity contribution < 1.29 is 9.59 Å². The predicted octanol–water partition coefficient (Wildman–Crippen LogP) is 3.00. The van der Waals surface area contributed by atoms with Crippen molar-refractivity contribution in [3.05, 3.63) is 16.1 Å². The number of hydrogen-bond donors (Lipinski definition) is 2. The fourth-order valence-electron chi connectivity index (χ4n) is 1.82. The monoisotopic (exact) mass is 325 g/mol. The Hall–Kier alpha value is -1.43. The molecule has 0 saturated carbocycles. The molecular formula is C16H27N3O2S. The van der Waals surface area contributed by atoms with E-state index in [1.54, 1.807) is 11.3 Å². The Morgan fingerprint density at radius 3 is 2.41 bits per heavy atom. The van der Waals surface area contributed by atoms with E-state index >= 15 is 0 Å². The third kappa shape index (κ3) is 6.56. The molecule has 124 valence electrons. The maximum absolute atomic E-state index is 11.9. The minimum Gasteiger partial charge on any atom is -0.347 e. The predicted molar refractivity (Wildman–Crippen MR) is 89.8 cm³/mol. The van der Waals surface area contributed by atoms with Crippen molar-refractivity contribution >= 4 is 23.2 Å². The maximum Gasteiger partial charge on any atom is 0.239 e. The van der Waals surface area contributed by atoms with E-state index in [0.29, 0.717) is 18.3 Å². The van der Waals surface area contributed by atoms with Gasteiger partial charge in [0.05, 0.1) is 23.3 Å². The number of thiazole rings is 1. The number of nitrogens with one attached hydrogen (secondary N) is 2. The molecule has 0 bridgehead atoms. The largest absolute Gasteiger partial charge is 0.347 e. The molecule has 1 aromatic heterocycles. The van der Waals surface area contributed by atoms with E-state index in [1.165, 1.54) is 0 Å². The van der Waals surface area contributed by atoms with Gasteiger partial charge in [-0.1, -0.05) is 27.7 Å². The molecule has 0 radical (unpaired) electrons. The van der Waals surface area contributed by atoms with Crippen LogP contribution in [-0.2, 0) is 9.59 Å². The van der Waals surface area contributed by atoms with Gasteiger partial charge < -0.3 is 10.6 Å². The number of aromatic nitrogens is 1. The van der Waals surface area contributed by atoms with E-state index in [2.05, 4.69) is 43.3 Å². The average molecular weight is 325 g/mol. The highest BCUT2D eigenvalue weighted by Crippen LogP contribution is 2.22. The molecule has 5 nitrogen and oxygen atoms in total. The van der Waals surface area contributed by atoms with E-state index in [0.717, 1.165) is 17.1 Å². The Labute approximate surface area is 136 Å². The van der Waals surface area contributed by atoms with Gasteiger partial charge >= 0.3 is 0 Å². The van der Waals surface area contributed by atoms with Gasteiger partial charge in [0.25, 0.3) is 0 Å². The Morgan fingerprint density at radius 1 is 1.18 bits per heavy atom. The molecule has 0 fully saturated rings. The first kappa shape index (κ1) is 18.6. The van der Waals surface area contributed by atoms with Crippen LogP contribution in [0.4, 0.5) is 0 Å². The summed E-state index contributed by atoms with van der Waals surface area (Å²) in [6.45, 7) is 10.2. The van der Waals surface area contributed by atoms with Crippen LogP contribution in [0.1, 0.15) is 70.1 Å². The zero-order valence-electron chi connectivity index (χ0n) is 14.1. The van der Waals surface area contributed by atoms with Gasteiger partial charge in [-0.25, -0.2) is 4.98 Å². The molecule has 2 amide bonds. The normalized spacial score (nSPS) is 12.5. The lowest BCUT2D eigenvalue weighted by atomic mass is 10.1. The third-order valence-electron chi connectivity index (χ3n) is 3.25. The van der Waals surface area contributed by atoms with Crippen molar-refractivity contribution in [3.8, 4) is 0 Å². The molecule has 0 aliphatic carbocycles. The Bertz CT molecular complexity index is 497. The Morgan fingerprint density at radius 2 is 1.86 bits per heavy atom. The zero-order valence-corrected chi connectivity index (χ0v) is 14.9. The highest BCUT2D eigenvalue weighted by atomic mass is 32.1. The second kappa shape index (κ2) is 8.88. The highest BCUT2D eigenvalue weighted by Gasteiger charge is 2.14. The quantitative estimate of drug-likeness (QED) is 0.772. The molecule has 1 atom stereocenters. The topological polar surface area (TPSA) is 71.1 Å². The fraction of sp³-hybridized carbons (Fsp3) is 0.688. The molecule has 1 aromatic rings. The van der Waals surface area contributed by atoms with Crippen molar-refractivity contribution in [1.82, 2.24) is 15.6 Å². The van der Waals surface area contributed by atoms with E-state index in [4.69, 9.17) is 0 Å². The van der Waals surface area contributed by atoms with Gasteiger partial charge in [0.15, 0.2) is 0 Å². The second-order valence-electron chi connectivity index (χ2n) is 6.26. The van der Waals surface area contributed by atoms with Gasteiger partial charge in [0.1, 0.15) is 0 Å². The molecule has 0 saturated heterocycles. The van der Waals surface area contributed by atoms with Crippen LogP contribution in [0, 0.1) is 5.92 Å². The van der Waals surface area contributed by atoms with Gasteiger partial charge in [-0.3, -0.25) is 9.59 Å². The number of rotatable bonds is 8. The van der Waals surface area contributed by atoms with Crippen LogP contribution in [0.25, 0.3) is 0 Å². The minimum atomic E-state index is -0.190. The molecule has 1 rings (SSSR count). The summed E-state index contributed by atoms with van der Waals surface area (Å²) < 4.78 is 0. The zero-order chi connectivity index (χ0) is 16.7. The van der Waals surface area contributed by atoms with Gasteiger partial charge in [0.2, 0.25) is 11.8 Å². The summed E-state index contributed by atoms with van der Waals surface area (Å²) in [7, 11) is 0. The van der Waals surface area contributed by atoms with E-state index in [9.17, 15) is 9.59 Å². The summed E-state index contributed by atoms with van der Waals surface area (Å²) in [5.74, 6) is 0.609. The lowest BCUT2D eigenvalue weighted by Crippen LogP contribution is -2.38. The minimum absolute atomic E-state index is 0.0163. The summed E-state index contributed by atoms with van der Waals surface area (Å²) in [5.41, 5.74) is 0.869. The summed E-state index contributed by atoms with van der Waals surface area (Å²) >= 11 is 1.61. The molecule has 0 aliphatic heterocycles. The van der Waals surface area contributed by atoms with Crippen LogP contribution < -0.4 is 10.6 Å². The van der Waals surface area contributed by atoms with Crippen LogP contribution in [-0.4, -0.2) is 23.3 Å². The highest BCUT2D eigenvalue weighted by molar-refractivity contribution is 7.09. The number of hydrogen-bond acceptors (Lipinski definition) is 4. The maximum atomic E-state index is 11.9. The molecule has 0 aromatic carbocycles. The number of carbonyl (C=O) groups excluding carboxylic acids is 2. The molecule has 22 heavy (non-hydrogen) atoms. The molecule has 0 aliphatic rings. The third-order valence-corrected chi connectivity index (χ3v) is 4.41. The molecule has 0 spiro atoms. The first-order chi connectivity index (χ1) is 10.3. The lowest BCUT2D eigenvalue weighted by Gasteiger charge is -2.12. The number of amides is 2. The van der Waals surface area contributed by atoms with Crippen LogP contribution in [0.2, 0.25) is 0 Å². The summed E-state index contributed by atoms with van der Waals surface area (Å²) in [5, 5.41) is 8.55. The fourth-order valence-corrected chi connectivity index (χ4v) is 2.75. The first-order valence-corrected chi connectivity index (χ1v) is 8.69. The summed E-state index contributed by atoms with van der Waals surface area (Å²) in [4.78, 5) is 28.0. The SMILES string of the molecule is CC(C)CCC(=O)NCC(=O)N[C@H](C)c1csc(C(C)C)n1. The number of nitrogens with zero attached hydrogens (tertiary/aromatic N) is 1. The van der Waals surface area contributed by atoms with Crippen LogP contribution in [0.15, 0.2) is 5.38 Å². The lowest BCUT2D eigenvalue weighted by molar-refractivity contribution is -0.126. The van der Waals surface area contributed by atoms with Crippen molar-refractivity contribution in [1.29, 1.82) is 0 Å². The summed E-state index contributed by atoms with van der Waals surface area (Å²) in [6, 6.07) is -0.149. The van der Waals surface area contributed by atoms with Gasteiger partial charge in [-0.05, 0) is 19.3 Å². The molecular weight excluding hydrogens is 298 g/mol. The second-order valence-corrected chi connectivity index (χ2v) is 7.15. The molecule has 6 heteroatoms. The first-order valence-electron chi connectivity index (χ1n) is 7.81. The van der Waals surface area contributed by atoms with Crippen molar-refractivity contribution in [2.75, 3.05) is 6.54 Å². The van der Waals surface area contributed by atoms with Crippen molar-refractivity contribution in [2.24, 2.45) is 5.92 Å². The average Bonchev–Trinajstić information content (AvgIpc) is 2.92. The molecule has 1 heterocycles. The Balaban J connectivity index is 2.36. The van der Waals surface area contributed by atoms with E-state index < -0.39 is 0 Å². The van der Waals surface area contributed by atoms with Crippen molar-refractivity contribution in [3.63, 3.8) is 0 Å². The van der Waals surface area contributed by atoms with Crippen LogP contribution in [0.3, 0.4) is 0 Å². The molecule has 2 N–H and O–H groups in total. The van der Waals surface area contributed by atoms with Crippen molar-refractivity contribution in [2.45, 2.75) is 59.4 Å². The molecule has 0 unspecified atom stereocenters.